The van der Waals surface area contributed by atoms with Crippen molar-refractivity contribution in [3.8, 4) is 0 Å². The van der Waals surface area contributed by atoms with Crippen LogP contribution in [0.2, 0.25) is 0 Å². The molecule has 0 bridgehead atoms. The van der Waals surface area contributed by atoms with Crippen LogP contribution in [0.4, 0.5) is 0 Å². The minimum Gasteiger partial charge on any atom is -1.00 e. The number of ether oxygens (including phenoxy) is 4. The summed E-state index contributed by atoms with van der Waals surface area (Å²) in [4.78, 5) is 12.2. The van der Waals surface area contributed by atoms with E-state index in [1.165, 1.54) is 57.8 Å². The average molecular weight is 605 g/mol. The zero-order valence-electron chi connectivity index (χ0n) is 25.8. The summed E-state index contributed by atoms with van der Waals surface area (Å²) in [6, 6.07) is 0. The van der Waals surface area contributed by atoms with Crippen molar-refractivity contribution in [1.29, 1.82) is 0 Å². The topological polar surface area (TPSA) is 196 Å². The molecule has 0 aromatic rings. The van der Waals surface area contributed by atoms with Crippen LogP contribution in [0.3, 0.4) is 0 Å². The maximum absolute atomic E-state index is 12.2. The Morgan fingerprint density at radius 3 is 1.78 bits per heavy atom. The minimum atomic E-state index is -2.27. The largest absolute Gasteiger partial charge is 1.00 e. The van der Waals surface area contributed by atoms with Gasteiger partial charge in [-0.2, -0.15) is 0 Å². The van der Waals surface area contributed by atoms with Gasteiger partial charge in [-0.3, -0.25) is 4.79 Å². The standard InChI is InChI=1S/C28H52O12.Na.H/c1-2-3-4-5-6-7-8-9-10-11-12-13-14-15-21(31)37-17-20-22(32)24(34)25(35)27(38-20)40-28(18-30)26(36)23(33)19(16-29)39-28;;/h19-20,22-27,29-30,32-36H,2-18H2,1H3;;/q;+1;-1/t19-,20-,22-,23-,24+,25-,26+,27-,28+;;/m1../s1. The van der Waals surface area contributed by atoms with Crippen molar-refractivity contribution in [2.24, 2.45) is 0 Å². The Kier molecular flexibility index (Phi) is 19.9. The number of rotatable bonds is 20. The van der Waals surface area contributed by atoms with Gasteiger partial charge in [0.05, 0.1) is 6.61 Å². The van der Waals surface area contributed by atoms with Crippen LogP contribution in [-0.2, 0) is 23.7 Å². The van der Waals surface area contributed by atoms with Crippen molar-refractivity contribution in [2.45, 2.75) is 152 Å². The third-order valence-electron chi connectivity index (χ3n) is 7.78. The number of carbonyl (C=O) groups is 1. The zero-order chi connectivity index (χ0) is 29.5. The van der Waals surface area contributed by atoms with Gasteiger partial charge < -0.3 is 56.1 Å². The van der Waals surface area contributed by atoms with Crippen molar-refractivity contribution in [1.82, 2.24) is 0 Å². The molecule has 2 aliphatic heterocycles. The van der Waals surface area contributed by atoms with Crippen molar-refractivity contribution in [3.05, 3.63) is 0 Å². The van der Waals surface area contributed by atoms with Gasteiger partial charge >= 0.3 is 35.5 Å². The molecule has 41 heavy (non-hydrogen) atoms. The van der Waals surface area contributed by atoms with Gasteiger partial charge in [0.25, 0.3) is 0 Å². The van der Waals surface area contributed by atoms with Gasteiger partial charge in [-0.1, -0.05) is 84.0 Å². The SMILES string of the molecule is CCCCCCCCCCCCCCCC(=O)OC[C@H]1O[C@H](O[C@]2(CO)O[C@H](CO)[C@@H](O)[C@@H]2O)[C@H](O)[C@@H](O)[C@@H]1O.[H-].[Na+]. The first kappa shape index (κ1) is 39.1. The Bertz CT molecular complexity index is 710. The predicted octanol–water partition coefficient (Wildman–Crippen LogP) is -2.25. The van der Waals surface area contributed by atoms with Crippen LogP contribution in [0, 0.1) is 0 Å². The first-order chi connectivity index (χ1) is 19.2. The monoisotopic (exact) mass is 604 g/mol. The molecule has 2 heterocycles. The minimum absolute atomic E-state index is 0. The maximum Gasteiger partial charge on any atom is 1.00 e. The molecule has 12 nitrogen and oxygen atoms in total. The van der Waals surface area contributed by atoms with Crippen LogP contribution in [-0.4, -0.2) is 116 Å². The molecule has 2 rings (SSSR count). The van der Waals surface area contributed by atoms with Crippen LogP contribution < -0.4 is 29.6 Å². The Morgan fingerprint density at radius 1 is 0.756 bits per heavy atom. The fourth-order valence-corrected chi connectivity index (χ4v) is 5.15. The van der Waals surface area contributed by atoms with E-state index in [1.54, 1.807) is 0 Å². The molecule has 238 valence electrons. The van der Waals surface area contributed by atoms with Gasteiger partial charge in [-0.15, -0.1) is 0 Å². The van der Waals surface area contributed by atoms with Gasteiger partial charge in [-0.05, 0) is 6.42 Å². The van der Waals surface area contributed by atoms with Crippen LogP contribution in [0.25, 0.3) is 0 Å². The Hall–Kier alpha value is 0.0700. The summed E-state index contributed by atoms with van der Waals surface area (Å²) in [5, 5.41) is 70.4. The van der Waals surface area contributed by atoms with E-state index in [4.69, 9.17) is 18.9 Å². The van der Waals surface area contributed by atoms with E-state index in [0.29, 0.717) is 6.42 Å². The fraction of sp³-hybridized carbons (Fsp3) is 0.964. The average Bonchev–Trinajstić information content (AvgIpc) is 3.20. The number of esters is 1. The summed E-state index contributed by atoms with van der Waals surface area (Å²) in [5.41, 5.74) is 0. The first-order valence-corrected chi connectivity index (χ1v) is 15.0. The molecular weight excluding hydrogens is 551 g/mol. The molecule has 2 fully saturated rings. The summed E-state index contributed by atoms with van der Waals surface area (Å²) >= 11 is 0. The van der Waals surface area contributed by atoms with E-state index < -0.39 is 80.6 Å². The smallest absolute Gasteiger partial charge is 1.00 e. The van der Waals surface area contributed by atoms with Gasteiger partial charge in [0.1, 0.15) is 55.9 Å². The van der Waals surface area contributed by atoms with E-state index in [0.717, 1.165) is 19.3 Å². The zero-order valence-corrected chi connectivity index (χ0v) is 26.8. The molecule has 0 aromatic heterocycles. The third-order valence-corrected chi connectivity index (χ3v) is 7.78. The summed E-state index contributed by atoms with van der Waals surface area (Å²) in [6.07, 6.45) is 2.70. The number of carbonyl (C=O) groups excluding carboxylic acids is 1. The molecule has 9 atom stereocenters. The van der Waals surface area contributed by atoms with Crippen LogP contribution in [0.5, 0.6) is 0 Å². The summed E-state index contributed by atoms with van der Waals surface area (Å²) < 4.78 is 21.4. The maximum atomic E-state index is 12.2. The van der Waals surface area contributed by atoms with E-state index in [1.807, 2.05) is 0 Å². The van der Waals surface area contributed by atoms with E-state index in [-0.39, 0.29) is 37.4 Å². The summed E-state index contributed by atoms with van der Waals surface area (Å²) in [6.45, 7) is 0.131. The predicted molar refractivity (Wildman–Crippen MR) is 144 cm³/mol. The normalized spacial score (nSPS) is 33.5. The van der Waals surface area contributed by atoms with Crippen molar-refractivity contribution in [3.63, 3.8) is 0 Å². The van der Waals surface area contributed by atoms with Crippen LogP contribution in [0.1, 0.15) is 98.2 Å². The molecule has 0 aliphatic carbocycles. The summed E-state index contributed by atoms with van der Waals surface area (Å²) in [7, 11) is 0. The van der Waals surface area contributed by atoms with E-state index >= 15 is 0 Å². The molecule has 0 unspecified atom stereocenters. The van der Waals surface area contributed by atoms with Gasteiger partial charge in [0.2, 0.25) is 5.79 Å². The Balaban J connectivity index is 0.00000840. The van der Waals surface area contributed by atoms with Crippen molar-refractivity contribution >= 4 is 5.97 Å². The van der Waals surface area contributed by atoms with E-state index in [2.05, 4.69) is 6.92 Å². The molecule has 0 amide bonds. The molecule has 2 aliphatic rings. The quantitative estimate of drug-likeness (QED) is 0.0449. The van der Waals surface area contributed by atoms with Crippen LogP contribution in [0.15, 0.2) is 0 Å². The second-order valence-corrected chi connectivity index (χ2v) is 11.1. The first-order valence-electron chi connectivity index (χ1n) is 15.0. The number of hydrogen-bond donors (Lipinski definition) is 7. The molecule has 0 aromatic carbocycles. The Labute approximate surface area is 267 Å². The van der Waals surface area contributed by atoms with Gasteiger partial charge in [-0.25, -0.2) is 0 Å². The van der Waals surface area contributed by atoms with Crippen molar-refractivity contribution < 1.29 is 90.5 Å². The number of aliphatic hydroxyl groups excluding tert-OH is 7. The number of aliphatic hydroxyl groups is 7. The molecular formula is C28H53NaO12. The molecule has 13 heteroatoms. The van der Waals surface area contributed by atoms with Gasteiger partial charge in [0, 0.05) is 6.42 Å². The molecule has 0 spiro atoms. The Morgan fingerprint density at radius 2 is 1.29 bits per heavy atom. The number of unbranched alkanes of at least 4 members (excludes halogenated alkanes) is 12. The van der Waals surface area contributed by atoms with E-state index in [9.17, 15) is 40.5 Å². The second-order valence-electron chi connectivity index (χ2n) is 11.1. The van der Waals surface area contributed by atoms with Gasteiger partial charge in [0.15, 0.2) is 6.29 Å². The second kappa shape index (κ2) is 20.9. The van der Waals surface area contributed by atoms with Crippen molar-refractivity contribution in [2.75, 3.05) is 19.8 Å². The summed E-state index contributed by atoms with van der Waals surface area (Å²) in [5.74, 6) is -2.76. The number of hydrogen-bond acceptors (Lipinski definition) is 12. The molecule has 2 saturated heterocycles. The third kappa shape index (κ3) is 12.2. The molecule has 7 N–H and O–H groups in total. The fourth-order valence-electron chi connectivity index (χ4n) is 5.15. The molecule has 0 radical (unpaired) electrons. The molecule has 0 saturated carbocycles. The van der Waals surface area contributed by atoms with Crippen LogP contribution >= 0.6 is 0 Å².